The van der Waals surface area contributed by atoms with E-state index in [-0.39, 0.29) is 46.0 Å². The van der Waals surface area contributed by atoms with Gasteiger partial charge in [0.1, 0.15) is 5.54 Å². The third-order valence-electron chi connectivity index (χ3n) is 6.24. The van der Waals surface area contributed by atoms with Crippen molar-refractivity contribution in [1.82, 2.24) is 15.1 Å². The van der Waals surface area contributed by atoms with Gasteiger partial charge in [-0.15, -0.1) is 10.2 Å². The van der Waals surface area contributed by atoms with Crippen molar-refractivity contribution in [3.05, 3.63) is 40.7 Å². The molecule has 1 aromatic heterocycles. The topological polar surface area (TPSA) is 110 Å². The van der Waals surface area contributed by atoms with Gasteiger partial charge in [-0.1, -0.05) is 41.6 Å². The monoisotopic (exact) mass is 497 g/mol. The number of sulfone groups is 1. The van der Waals surface area contributed by atoms with Crippen molar-refractivity contribution < 1.29 is 22.4 Å². The summed E-state index contributed by atoms with van der Waals surface area (Å²) in [7, 11) is -1.43. The summed E-state index contributed by atoms with van der Waals surface area (Å²) in [6.45, 7) is 0. The molecular weight excluding hydrogens is 474 g/mol. The molecule has 4 rings (SSSR count). The van der Waals surface area contributed by atoms with Crippen LogP contribution in [0.4, 0.5) is 0 Å². The van der Waals surface area contributed by atoms with Gasteiger partial charge >= 0.3 is 0 Å². The number of hydrogen-bond donors (Lipinski definition) is 0. The number of ketones is 1. The van der Waals surface area contributed by atoms with Crippen LogP contribution < -0.4 is 0 Å². The van der Waals surface area contributed by atoms with E-state index in [1.54, 1.807) is 19.2 Å². The van der Waals surface area contributed by atoms with Crippen LogP contribution >= 0.6 is 23.4 Å². The number of Topliss-reactive ketones (excluding diaryl/α,β-unsaturated/α-hetero) is 1. The number of hydrogen-bond acceptors (Lipinski definition) is 8. The molecule has 0 radical (unpaired) electrons. The van der Waals surface area contributed by atoms with Crippen LogP contribution in [0.3, 0.4) is 0 Å². The Balaban J connectivity index is 1.49. The van der Waals surface area contributed by atoms with E-state index in [0.717, 1.165) is 24.6 Å². The van der Waals surface area contributed by atoms with E-state index in [0.29, 0.717) is 29.8 Å². The molecule has 2 heterocycles. The van der Waals surface area contributed by atoms with E-state index in [1.807, 2.05) is 12.1 Å². The molecule has 2 aromatic rings. The summed E-state index contributed by atoms with van der Waals surface area (Å²) in [5.74, 6) is -0.171. The fourth-order valence-corrected chi connectivity index (χ4v) is 7.20. The highest BCUT2D eigenvalue weighted by Crippen LogP contribution is 2.42. The molecule has 2 aliphatic rings. The Bertz CT molecular complexity index is 1140. The molecule has 1 aliphatic heterocycles. The average molecular weight is 498 g/mol. The number of carbonyl (C=O) groups is 2. The van der Waals surface area contributed by atoms with E-state index < -0.39 is 15.4 Å². The minimum absolute atomic E-state index is 0.000577. The Kier molecular flexibility index (Phi) is 6.65. The summed E-state index contributed by atoms with van der Waals surface area (Å²) in [6, 6.07) is 7.16. The van der Waals surface area contributed by atoms with Crippen LogP contribution in [0.15, 0.2) is 33.9 Å². The van der Waals surface area contributed by atoms with E-state index in [2.05, 4.69) is 10.2 Å². The predicted molar refractivity (Wildman–Crippen MR) is 120 cm³/mol. The van der Waals surface area contributed by atoms with Gasteiger partial charge in [0.05, 0.1) is 23.2 Å². The number of carbonyl (C=O) groups excluding carboxylic acids is 2. The molecule has 11 heteroatoms. The lowest BCUT2D eigenvalue weighted by molar-refractivity contribution is -0.146. The van der Waals surface area contributed by atoms with Crippen LogP contribution in [-0.2, 0) is 25.0 Å². The minimum atomic E-state index is -3.06. The molecule has 0 N–H and O–H groups in total. The smallest absolute Gasteiger partial charge is 0.277 e. The van der Waals surface area contributed by atoms with Crippen molar-refractivity contribution in [1.29, 1.82) is 0 Å². The summed E-state index contributed by atoms with van der Waals surface area (Å²) in [4.78, 5) is 27.8. The number of rotatable bonds is 6. The van der Waals surface area contributed by atoms with Crippen LogP contribution in [0.2, 0.25) is 5.02 Å². The summed E-state index contributed by atoms with van der Waals surface area (Å²) >= 11 is 7.52. The highest BCUT2D eigenvalue weighted by atomic mass is 35.5. The molecule has 8 nitrogen and oxygen atoms in total. The highest BCUT2D eigenvalue weighted by Gasteiger charge is 2.47. The number of thioether (sulfide) groups is 1. The maximum absolute atomic E-state index is 13.1. The molecule has 172 valence electrons. The number of benzene rings is 1. The lowest BCUT2D eigenvalue weighted by atomic mass is 9.74. The minimum Gasteiger partial charge on any atom is -0.416 e. The molecule has 0 unspecified atom stereocenters. The van der Waals surface area contributed by atoms with Crippen LogP contribution in [0, 0.1) is 0 Å². The lowest BCUT2D eigenvalue weighted by Gasteiger charge is -2.44. The molecule has 2 fully saturated rings. The lowest BCUT2D eigenvalue weighted by Crippen LogP contribution is -2.54. The van der Waals surface area contributed by atoms with Crippen LogP contribution in [0.1, 0.15) is 49.5 Å². The standard InChI is InChI=1S/C21H24ClN3O5S2/c1-25(21(10-5-4-8-17(21)26)15-6-2-3-7-16(15)22)18(27)12-31-20-24-23-19(30-20)14-9-11-32(28,29)13-14/h2-3,6-7,14H,4-5,8-13H2,1H3/t14-,21+/m1/s1. The maximum Gasteiger partial charge on any atom is 0.277 e. The van der Waals surface area contributed by atoms with Crippen LogP contribution in [0.5, 0.6) is 0 Å². The second-order valence-electron chi connectivity index (χ2n) is 8.22. The molecule has 1 aliphatic carbocycles. The van der Waals surface area contributed by atoms with Crippen molar-refractivity contribution in [3.8, 4) is 0 Å². The fraction of sp³-hybridized carbons (Fsp3) is 0.524. The predicted octanol–water partition coefficient (Wildman–Crippen LogP) is 3.21. The zero-order chi connectivity index (χ0) is 22.9. The third kappa shape index (κ3) is 4.45. The molecule has 32 heavy (non-hydrogen) atoms. The van der Waals surface area contributed by atoms with Gasteiger partial charge in [-0.05, 0) is 31.7 Å². The van der Waals surface area contributed by atoms with Crippen LogP contribution in [0.25, 0.3) is 0 Å². The van der Waals surface area contributed by atoms with Gasteiger partial charge < -0.3 is 9.32 Å². The maximum atomic E-state index is 13.1. The third-order valence-corrected chi connectivity index (χ3v) is 9.14. The largest absolute Gasteiger partial charge is 0.416 e. The molecule has 1 saturated carbocycles. The summed E-state index contributed by atoms with van der Waals surface area (Å²) in [5.41, 5.74) is -0.443. The van der Waals surface area contributed by atoms with Gasteiger partial charge in [-0.2, -0.15) is 0 Å². The van der Waals surface area contributed by atoms with Gasteiger partial charge in [-0.25, -0.2) is 8.42 Å². The Labute approximate surface area is 196 Å². The van der Waals surface area contributed by atoms with E-state index >= 15 is 0 Å². The van der Waals surface area contributed by atoms with Crippen molar-refractivity contribution in [2.24, 2.45) is 0 Å². The van der Waals surface area contributed by atoms with Crippen molar-refractivity contribution in [2.75, 3.05) is 24.3 Å². The van der Waals surface area contributed by atoms with Gasteiger partial charge in [0, 0.05) is 24.1 Å². The van der Waals surface area contributed by atoms with E-state index in [1.165, 1.54) is 4.90 Å². The zero-order valence-corrected chi connectivity index (χ0v) is 20.0. The van der Waals surface area contributed by atoms with Crippen LogP contribution in [-0.4, -0.2) is 59.5 Å². The Morgan fingerprint density at radius 3 is 2.78 bits per heavy atom. The van der Waals surface area contributed by atoms with E-state index in [9.17, 15) is 18.0 Å². The Morgan fingerprint density at radius 1 is 1.31 bits per heavy atom. The summed E-state index contributed by atoms with van der Waals surface area (Å²) < 4.78 is 29.0. The first-order chi connectivity index (χ1) is 15.2. The molecular formula is C21H24ClN3O5S2. The second-order valence-corrected chi connectivity index (χ2v) is 11.8. The summed E-state index contributed by atoms with van der Waals surface area (Å²) in [5, 5.41) is 8.58. The first-order valence-corrected chi connectivity index (χ1v) is 13.6. The Morgan fingerprint density at radius 2 is 2.09 bits per heavy atom. The first-order valence-electron chi connectivity index (χ1n) is 10.4. The highest BCUT2D eigenvalue weighted by molar-refractivity contribution is 7.99. The van der Waals surface area contributed by atoms with Crippen molar-refractivity contribution >= 4 is 44.9 Å². The summed E-state index contributed by atoms with van der Waals surface area (Å²) in [6.07, 6.45) is 2.98. The SMILES string of the molecule is CN(C(=O)CSc1nnc([C@@H]2CCS(=O)(=O)C2)o1)[C@]1(c2ccccc2Cl)CCCCC1=O. The number of nitrogens with zero attached hydrogens (tertiary/aromatic N) is 3. The number of halogens is 1. The average Bonchev–Trinajstić information content (AvgIpc) is 3.38. The second kappa shape index (κ2) is 9.15. The molecule has 0 bridgehead atoms. The van der Waals surface area contributed by atoms with Crippen molar-refractivity contribution in [3.63, 3.8) is 0 Å². The molecule has 1 saturated heterocycles. The quantitative estimate of drug-likeness (QED) is 0.559. The van der Waals surface area contributed by atoms with Gasteiger partial charge in [0.25, 0.3) is 5.22 Å². The number of amides is 1. The van der Waals surface area contributed by atoms with E-state index in [4.69, 9.17) is 16.0 Å². The van der Waals surface area contributed by atoms with Gasteiger partial charge in [-0.3, -0.25) is 9.59 Å². The molecule has 2 atom stereocenters. The number of aromatic nitrogens is 2. The zero-order valence-electron chi connectivity index (χ0n) is 17.6. The van der Waals surface area contributed by atoms with Gasteiger partial charge in [0.2, 0.25) is 11.8 Å². The Hall–Kier alpha value is -1.91. The molecule has 1 amide bonds. The molecule has 1 aromatic carbocycles. The normalized spacial score (nSPS) is 25.1. The first kappa shape index (κ1) is 23.3. The van der Waals surface area contributed by atoms with Crippen molar-refractivity contribution in [2.45, 2.75) is 48.8 Å². The number of likely N-dealkylation sites (N-methyl/N-ethyl adjacent to an activating group) is 1. The van der Waals surface area contributed by atoms with Gasteiger partial charge in [0.15, 0.2) is 15.6 Å². The molecule has 0 spiro atoms. The fourth-order valence-electron chi connectivity index (χ4n) is 4.50.